The van der Waals surface area contributed by atoms with Gasteiger partial charge in [0.2, 0.25) is 11.9 Å². The van der Waals surface area contributed by atoms with E-state index in [1.54, 1.807) is 9.80 Å². The van der Waals surface area contributed by atoms with E-state index in [4.69, 9.17) is 4.74 Å². The minimum atomic E-state index is -0.111. The standard InChI is InChI=1S/C13H20N4O3/c1-16(2)13-14-10-5-7-17(11(18)8-20-3)6-4-9(10)12(19)15-13/h4-8H2,1-3H3,(H,14,15,19). The van der Waals surface area contributed by atoms with Crippen LogP contribution >= 0.6 is 0 Å². The molecule has 0 saturated heterocycles. The maximum absolute atomic E-state index is 12.1. The van der Waals surface area contributed by atoms with Crippen LogP contribution in [-0.2, 0) is 22.4 Å². The fraction of sp³-hybridized carbons (Fsp3) is 0.615. The van der Waals surface area contributed by atoms with Gasteiger partial charge in [0.15, 0.2) is 0 Å². The first kappa shape index (κ1) is 14.5. The van der Waals surface area contributed by atoms with Crippen molar-refractivity contribution in [3.8, 4) is 0 Å². The fourth-order valence-electron chi connectivity index (χ4n) is 2.27. The normalized spacial score (nSPS) is 14.7. The van der Waals surface area contributed by atoms with Crippen molar-refractivity contribution in [1.82, 2.24) is 14.9 Å². The second-order valence-electron chi connectivity index (χ2n) is 5.02. The molecule has 1 aromatic heterocycles. The summed E-state index contributed by atoms with van der Waals surface area (Å²) in [4.78, 5) is 34.7. The second-order valence-corrected chi connectivity index (χ2v) is 5.02. The monoisotopic (exact) mass is 280 g/mol. The summed E-state index contributed by atoms with van der Waals surface area (Å²) in [7, 11) is 5.16. The van der Waals surface area contributed by atoms with Gasteiger partial charge < -0.3 is 14.5 Å². The molecule has 20 heavy (non-hydrogen) atoms. The summed E-state index contributed by atoms with van der Waals surface area (Å²) in [6.45, 7) is 1.17. The number of amides is 1. The SMILES string of the molecule is COCC(=O)N1CCc2nc(N(C)C)[nH]c(=O)c2CC1. The number of methoxy groups -OCH3 is 1. The molecule has 0 spiro atoms. The summed E-state index contributed by atoms with van der Waals surface area (Å²) >= 11 is 0. The molecule has 7 heteroatoms. The quantitative estimate of drug-likeness (QED) is 0.800. The number of aromatic nitrogens is 2. The van der Waals surface area contributed by atoms with Gasteiger partial charge in [0.25, 0.3) is 5.56 Å². The van der Waals surface area contributed by atoms with Crippen LogP contribution in [0.5, 0.6) is 0 Å². The minimum absolute atomic E-state index is 0.0513. The molecular formula is C13H20N4O3. The van der Waals surface area contributed by atoms with E-state index in [9.17, 15) is 9.59 Å². The topological polar surface area (TPSA) is 78.5 Å². The smallest absolute Gasteiger partial charge is 0.255 e. The Morgan fingerprint density at radius 3 is 2.75 bits per heavy atom. The van der Waals surface area contributed by atoms with E-state index >= 15 is 0 Å². The van der Waals surface area contributed by atoms with E-state index in [2.05, 4.69) is 9.97 Å². The van der Waals surface area contributed by atoms with Crippen LogP contribution in [0.3, 0.4) is 0 Å². The van der Waals surface area contributed by atoms with Crippen LogP contribution in [0.4, 0.5) is 5.95 Å². The first-order chi connectivity index (χ1) is 9.52. The number of aromatic amines is 1. The highest BCUT2D eigenvalue weighted by molar-refractivity contribution is 5.77. The number of nitrogens with one attached hydrogen (secondary N) is 1. The maximum atomic E-state index is 12.1. The minimum Gasteiger partial charge on any atom is -0.375 e. The van der Waals surface area contributed by atoms with Gasteiger partial charge in [0.05, 0.1) is 5.69 Å². The first-order valence-corrected chi connectivity index (χ1v) is 6.59. The van der Waals surface area contributed by atoms with E-state index in [0.717, 1.165) is 5.69 Å². The van der Waals surface area contributed by atoms with Crippen LogP contribution in [0.1, 0.15) is 11.3 Å². The molecule has 0 fully saturated rings. The number of hydrogen-bond donors (Lipinski definition) is 1. The number of fused-ring (bicyclic) bond motifs is 1. The molecular weight excluding hydrogens is 260 g/mol. The molecule has 2 heterocycles. The summed E-state index contributed by atoms with van der Waals surface area (Å²) in [6, 6.07) is 0. The average Bonchev–Trinajstić information content (AvgIpc) is 2.61. The number of H-pyrrole nitrogens is 1. The van der Waals surface area contributed by atoms with Gasteiger partial charge in [-0.3, -0.25) is 14.6 Å². The second kappa shape index (κ2) is 6.04. The van der Waals surface area contributed by atoms with Gasteiger partial charge in [0, 0.05) is 46.3 Å². The lowest BCUT2D eigenvalue weighted by atomic mass is 10.1. The number of carbonyl (C=O) groups is 1. The van der Waals surface area contributed by atoms with Crippen molar-refractivity contribution in [1.29, 1.82) is 0 Å². The van der Waals surface area contributed by atoms with Crippen molar-refractivity contribution >= 4 is 11.9 Å². The molecule has 0 saturated carbocycles. The van der Waals surface area contributed by atoms with Crippen LogP contribution in [0.2, 0.25) is 0 Å². The number of ether oxygens (including phenoxy) is 1. The summed E-state index contributed by atoms with van der Waals surface area (Å²) in [5.74, 6) is 0.495. The van der Waals surface area contributed by atoms with Crippen LogP contribution in [0.15, 0.2) is 4.79 Å². The van der Waals surface area contributed by atoms with Gasteiger partial charge >= 0.3 is 0 Å². The molecule has 0 atom stereocenters. The largest absolute Gasteiger partial charge is 0.375 e. The van der Waals surface area contributed by atoms with Crippen LogP contribution < -0.4 is 10.5 Å². The highest BCUT2D eigenvalue weighted by Crippen LogP contribution is 2.13. The molecule has 1 aliphatic heterocycles. The van der Waals surface area contributed by atoms with E-state index in [1.165, 1.54) is 7.11 Å². The predicted octanol–water partition coefficient (Wildman–Crippen LogP) is -0.590. The van der Waals surface area contributed by atoms with E-state index in [-0.39, 0.29) is 18.1 Å². The van der Waals surface area contributed by atoms with Gasteiger partial charge in [-0.2, -0.15) is 0 Å². The Morgan fingerprint density at radius 2 is 2.10 bits per heavy atom. The lowest BCUT2D eigenvalue weighted by molar-refractivity contribution is -0.135. The number of anilines is 1. The number of hydrogen-bond acceptors (Lipinski definition) is 5. The molecule has 0 radical (unpaired) electrons. The molecule has 0 aliphatic carbocycles. The molecule has 0 bridgehead atoms. The van der Waals surface area contributed by atoms with Gasteiger partial charge in [-0.25, -0.2) is 4.98 Å². The van der Waals surface area contributed by atoms with Crippen molar-refractivity contribution in [2.75, 3.05) is 45.8 Å². The number of rotatable bonds is 3. The Labute approximate surface area is 117 Å². The van der Waals surface area contributed by atoms with Gasteiger partial charge in [-0.1, -0.05) is 0 Å². The maximum Gasteiger partial charge on any atom is 0.255 e. The Morgan fingerprint density at radius 1 is 1.40 bits per heavy atom. The molecule has 1 N–H and O–H groups in total. The zero-order chi connectivity index (χ0) is 14.7. The van der Waals surface area contributed by atoms with E-state index in [1.807, 2.05) is 14.1 Å². The van der Waals surface area contributed by atoms with Crippen LogP contribution in [-0.4, -0.2) is 61.7 Å². The van der Waals surface area contributed by atoms with Crippen molar-refractivity contribution < 1.29 is 9.53 Å². The summed E-state index contributed by atoms with van der Waals surface area (Å²) in [5, 5.41) is 0. The van der Waals surface area contributed by atoms with Crippen LogP contribution in [0, 0.1) is 0 Å². The van der Waals surface area contributed by atoms with Gasteiger partial charge in [-0.15, -0.1) is 0 Å². The zero-order valence-electron chi connectivity index (χ0n) is 12.1. The van der Waals surface area contributed by atoms with Gasteiger partial charge in [-0.05, 0) is 6.42 Å². The third kappa shape index (κ3) is 2.98. The molecule has 7 nitrogen and oxygen atoms in total. The summed E-state index contributed by atoms with van der Waals surface area (Å²) in [6.07, 6.45) is 1.12. The van der Waals surface area contributed by atoms with E-state index < -0.39 is 0 Å². The molecule has 0 aromatic carbocycles. The highest BCUT2D eigenvalue weighted by atomic mass is 16.5. The number of carbonyl (C=O) groups excluding carboxylic acids is 1. The lowest BCUT2D eigenvalue weighted by Gasteiger charge is -2.19. The molecule has 110 valence electrons. The third-order valence-corrected chi connectivity index (χ3v) is 3.38. The molecule has 0 unspecified atom stereocenters. The number of nitrogens with zero attached hydrogens (tertiary/aromatic N) is 3. The van der Waals surface area contributed by atoms with Crippen molar-refractivity contribution in [2.24, 2.45) is 0 Å². The van der Waals surface area contributed by atoms with Crippen molar-refractivity contribution in [3.05, 3.63) is 21.6 Å². The molecule has 1 amide bonds. The molecule has 1 aromatic rings. The molecule has 2 rings (SSSR count). The van der Waals surface area contributed by atoms with E-state index in [0.29, 0.717) is 37.4 Å². The summed E-state index contributed by atoms with van der Waals surface area (Å²) < 4.78 is 4.87. The lowest BCUT2D eigenvalue weighted by Crippen LogP contribution is -2.35. The third-order valence-electron chi connectivity index (χ3n) is 3.38. The average molecular weight is 280 g/mol. The Hall–Kier alpha value is -1.89. The first-order valence-electron chi connectivity index (χ1n) is 6.59. The predicted molar refractivity (Wildman–Crippen MR) is 75.0 cm³/mol. The van der Waals surface area contributed by atoms with Gasteiger partial charge in [0.1, 0.15) is 6.61 Å². The zero-order valence-corrected chi connectivity index (χ0v) is 12.1. The Kier molecular flexibility index (Phi) is 4.39. The fourth-order valence-corrected chi connectivity index (χ4v) is 2.27. The molecule has 1 aliphatic rings. The Balaban J connectivity index is 2.23. The Bertz CT molecular complexity index is 553. The highest BCUT2D eigenvalue weighted by Gasteiger charge is 2.21. The van der Waals surface area contributed by atoms with Crippen molar-refractivity contribution in [2.45, 2.75) is 12.8 Å². The summed E-state index contributed by atoms with van der Waals surface area (Å²) in [5.41, 5.74) is 1.35. The van der Waals surface area contributed by atoms with Crippen LogP contribution in [0.25, 0.3) is 0 Å². The van der Waals surface area contributed by atoms with Crippen molar-refractivity contribution in [3.63, 3.8) is 0 Å².